The van der Waals surface area contributed by atoms with Crippen LogP contribution < -0.4 is 10.0 Å². The van der Waals surface area contributed by atoms with Crippen LogP contribution in [0.4, 0.5) is 5.95 Å². The third-order valence-electron chi connectivity index (χ3n) is 2.91. The summed E-state index contributed by atoms with van der Waals surface area (Å²) in [6.45, 7) is 0.578. The van der Waals surface area contributed by atoms with Crippen LogP contribution in [-0.2, 0) is 16.6 Å². The Labute approximate surface area is 121 Å². The number of hydrogen-bond acceptors (Lipinski definition) is 6. The summed E-state index contributed by atoms with van der Waals surface area (Å²) < 4.78 is 27.1. The van der Waals surface area contributed by atoms with Crippen LogP contribution in [0.2, 0.25) is 0 Å². The predicted octanol–water partition coefficient (Wildman–Crippen LogP) is 1.59. The SMILES string of the molecule is O=S(=O)(Nc1ncccn1)c1ccsc1CNC1CC1. The first kappa shape index (κ1) is 13.5. The van der Waals surface area contributed by atoms with Crippen LogP contribution in [0.25, 0.3) is 0 Å². The minimum absolute atomic E-state index is 0.0832. The molecular weight excluding hydrogens is 296 g/mol. The summed E-state index contributed by atoms with van der Waals surface area (Å²) in [4.78, 5) is 8.85. The molecule has 0 bridgehead atoms. The van der Waals surface area contributed by atoms with Crippen molar-refractivity contribution in [3.8, 4) is 0 Å². The van der Waals surface area contributed by atoms with E-state index in [1.807, 2.05) is 0 Å². The molecule has 0 saturated heterocycles. The molecule has 0 aliphatic heterocycles. The highest BCUT2D eigenvalue weighted by Crippen LogP contribution is 2.25. The molecule has 3 rings (SSSR count). The Balaban J connectivity index is 1.78. The fourth-order valence-corrected chi connectivity index (χ4v) is 4.10. The van der Waals surface area contributed by atoms with E-state index in [0.29, 0.717) is 17.5 Å². The second kappa shape index (κ2) is 5.47. The zero-order chi connectivity index (χ0) is 14.0. The van der Waals surface area contributed by atoms with Gasteiger partial charge in [-0.1, -0.05) is 0 Å². The molecule has 1 aliphatic carbocycles. The van der Waals surface area contributed by atoms with Crippen molar-refractivity contribution >= 4 is 27.3 Å². The summed E-state index contributed by atoms with van der Waals surface area (Å²) in [6.07, 6.45) is 5.33. The zero-order valence-electron chi connectivity index (χ0n) is 10.6. The predicted molar refractivity (Wildman–Crippen MR) is 77.0 cm³/mol. The van der Waals surface area contributed by atoms with Crippen molar-refractivity contribution in [3.05, 3.63) is 34.8 Å². The Morgan fingerprint density at radius 1 is 1.30 bits per heavy atom. The van der Waals surface area contributed by atoms with Gasteiger partial charge in [0, 0.05) is 29.9 Å². The molecule has 0 aromatic carbocycles. The Hall–Kier alpha value is -1.51. The molecule has 2 aromatic rings. The molecule has 8 heteroatoms. The minimum Gasteiger partial charge on any atom is -0.309 e. The maximum absolute atomic E-state index is 12.3. The van der Waals surface area contributed by atoms with E-state index in [-0.39, 0.29) is 5.95 Å². The quantitative estimate of drug-likeness (QED) is 0.846. The van der Waals surface area contributed by atoms with E-state index in [0.717, 1.165) is 4.88 Å². The number of aromatic nitrogens is 2. The molecule has 0 spiro atoms. The van der Waals surface area contributed by atoms with Gasteiger partial charge in [-0.25, -0.2) is 23.1 Å². The summed E-state index contributed by atoms with van der Waals surface area (Å²) in [5, 5.41) is 5.10. The maximum atomic E-state index is 12.3. The summed E-state index contributed by atoms with van der Waals surface area (Å²) in [5.74, 6) is 0.0832. The van der Waals surface area contributed by atoms with Crippen molar-refractivity contribution in [2.45, 2.75) is 30.3 Å². The smallest absolute Gasteiger partial charge is 0.265 e. The average molecular weight is 310 g/mol. The highest BCUT2D eigenvalue weighted by atomic mass is 32.2. The van der Waals surface area contributed by atoms with Crippen molar-refractivity contribution in [2.24, 2.45) is 0 Å². The van der Waals surface area contributed by atoms with Crippen LogP contribution in [-0.4, -0.2) is 24.4 Å². The van der Waals surface area contributed by atoms with Gasteiger partial charge in [0.15, 0.2) is 0 Å². The number of thiophene rings is 1. The van der Waals surface area contributed by atoms with E-state index < -0.39 is 10.0 Å². The normalized spacial score (nSPS) is 15.2. The molecule has 2 aromatic heterocycles. The number of hydrogen-bond donors (Lipinski definition) is 2. The van der Waals surface area contributed by atoms with Crippen molar-refractivity contribution in [1.29, 1.82) is 0 Å². The fourth-order valence-electron chi connectivity index (χ4n) is 1.75. The van der Waals surface area contributed by atoms with Gasteiger partial charge in [0.2, 0.25) is 5.95 Å². The van der Waals surface area contributed by atoms with Crippen molar-refractivity contribution in [2.75, 3.05) is 4.72 Å². The van der Waals surface area contributed by atoms with E-state index in [1.165, 1.54) is 36.6 Å². The van der Waals surface area contributed by atoms with Crippen LogP contribution in [0.3, 0.4) is 0 Å². The fraction of sp³-hybridized carbons (Fsp3) is 0.333. The molecule has 2 N–H and O–H groups in total. The number of rotatable bonds is 6. The number of nitrogens with zero attached hydrogens (tertiary/aromatic N) is 2. The Kier molecular flexibility index (Phi) is 3.68. The summed E-state index contributed by atoms with van der Waals surface area (Å²) in [5.41, 5.74) is 0. The number of anilines is 1. The standard InChI is InChI=1S/C12H14N4O2S2/c17-20(18,16-12-13-5-1-6-14-12)11-4-7-19-10(11)8-15-9-2-3-9/h1,4-7,9,15H,2-3,8H2,(H,13,14,16). The molecule has 6 nitrogen and oxygen atoms in total. The summed E-state index contributed by atoms with van der Waals surface area (Å²) in [6, 6.07) is 3.78. The van der Waals surface area contributed by atoms with Crippen LogP contribution in [0.5, 0.6) is 0 Å². The second-order valence-corrected chi connectivity index (χ2v) is 7.19. The van der Waals surface area contributed by atoms with Gasteiger partial charge in [-0.05, 0) is 30.4 Å². The lowest BCUT2D eigenvalue weighted by Crippen LogP contribution is -2.19. The largest absolute Gasteiger partial charge is 0.309 e. The monoisotopic (exact) mass is 310 g/mol. The summed E-state index contributed by atoms with van der Waals surface area (Å²) in [7, 11) is -3.63. The summed E-state index contributed by atoms with van der Waals surface area (Å²) >= 11 is 1.43. The third-order valence-corrected chi connectivity index (χ3v) is 5.38. The highest BCUT2D eigenvalue weighted by Gasteiger charge is 2.24. The average Bonchev–Trinajstić information content (AvgIpc) is 3.13. The van der Waals surface area contributed by atoms with Gasteiger partial charge in [-0.15, -0.1) is 11.3 Å². The topological polar surface area (TPSA) is 84.0 Å². The van der Waals surface area contributed by atoms with Gasteiger partial charge in [0.05, 0.1) is 0 Å². The Morgan fingerprint density at radius 3 is 2.75 bits per heavy atom. The third kappa shape index (κ3) is 3.14. The van der Waals surface area contributed by atoms with E-state index >= 15 is 0 Å². The molecule has 2 heterocycles. The van der Waals surface area contributed by atoms with Crippen LogP contribution in [0.1, 0.15) is 17.7 Å². The molecule has 1 fully saturated rings. The van der Waals surface area contributed by atoms with E-state index in [2.05, 4.69) is 20.0 Å². The molecule has 1 saturated carbocycles. The Bertz CT molecular complexity index is 680. The van der Waals surface area contributed by atoms with Gasteiger partial charge in [-0.3, -0.25) is 0 Å². The highest BCUT2D eigenvalue weighted by molar-refractivity contribution is 7.92. The lowest BCUT2D eigenvalue weighted by molar-refractivity contribution is 0.598. The first-order valence-corrected chi connectivity index (χ1v) is 8.61. The van der Waals surface area contributed by atoms with Gasteiger partial charge in [0.25, 0.3) is 10.0 Å². The molecular formula is C12H14N4O2S2. The molecule has 0 amide bonds. The van der Waals surface area contributed by atoms with Crippen LogP contribution in [0.15, 0.2) is 34.8 Å². The van der Waals surface area contributed by atoms with Crippen molar-refractivity contribution in [3.63, 3.8) is 0 Å². The van der Waals surface area contributed by atoms with E-state index in [9.17, 15) is 8.42 Å². The molecule has 0 radical (unpaired) electrons. The molecule has 1 aliphatic rings. The zero-order valence-corrected chi connectivity index (χ0v) is 12.2. The molecule has 0 unspecified atom stereocenters. The lowest BCUT2D eigenvalue weighted by atomic mass is 10.4. The van der Waals surface area contributed by atoms with Gasteiger partial charge < -0.3 is 5.32 Å². The molecule has 20 heavy (non-hydrogen) atoms. The van der Waals surface area contributed by atoms with Gasteiger partial charge >= 0.3 is 0 Å². The van der Waals surface area contributed by atoms with Crippen LogP contribution >= 0.6 is 11.3 Å². The van der Waals surface area contributed by atoms with Gasteiger partial charge in [-0.2, -0.15) is 0 Å². The lowest BCUT2D eigenvalue weighted by Gasteiger charge is -2.07. The van der Waals surface area contributed by atoms with Crippen molar-refractivity contribution in [1.82, 2.24) is 15.3 Å². The molecule has 0 atom stereocenters. The first-order chi connectivity index (χ1) is 9.65. The van der Waals surface area contributed by atoms with Crippen molar-refractivity contribution < 1.29 is 8.42 Å². The van der Waals surface area contributed by atoms with E-state index in [1.54, 1.807) is 17.5 Å². The Morgan fingerprint density at radius 2 is 2.05 bits per heavy atom. The van der Waals surface area contributed by atoms with Crippen LogP contribution in [0, 0.1) is 0 Å². The second-order valence-electron chi connectivity index (χ2n) is 4.54. The maximum Gasteiger partial charge on any atom is 0.265 e. The number of sulfonamides is 1. The number of nitrogens with one attached hydrogen (secondary N) is 2. The molecule has 106 valence electrons. The van der Waals surface area contributed by atoms with E-state index in [4.69, 9.17) is 0 Å². The minimum atomic E-state index is -3.63. The van der Waals surface area contributed by atoms with Gasteiger partial charge in [0.1, 0.15) is 4.90 Å². The first-order valence-electron chi connectivity index (χ1n) is 6.25.